The molecule has 4 aromatic carbocycles. The monoisotopic (exact) mass is 1070 g/mol. The van der Waals surface area contributed by atoms with E-state index in [1.54, 1.807) is 6.92 Å². The first-order valence-corrected chi connectivity index (χ1v) is 20.8. The third kappa shape index (κ3) is 9.71. The molecule has 4 atom stereocenters. The molecule has 2 heterocycles. The lowest BCUT2D eigenvalue weighted by atomic mass is 9.77. The summed E-state index contributed by atoms with van der Waals surface area (Å²) in [6.07, 6.45) is -28.1. The summed E-state index contributed by atoms with van der Waals surface area (Å²) in [6.45, 7) is 0.274. The summed E-state index contributed by atoms with van der Waals surface area (Å²) in [4.78, 5) is 12.8. The van der Waals surface area contributed by atoms with Crippen LogP contribution in [-0.4, -0.2) is 53.9 Å². The zero-order valence-corrected chi connectivity index (χ0v) is 37.0. The Morgan fingerprint density at radius 1 is 0.662 bits per heavy atom. The van der Waals surface area contributed by atoms with Crippen molar-refractivity contribution in [1.82, 2.24) is 0 Å². The molecule has 0 bridgehead atoms. The molecule has 370 valence electrons. The number of hydrogen-bond donors (Lipinski definition) is 2. The highest BCUT2D eigenvalue weighted by atomic mass is 35.5. The van der Waals surface area contributed by atoms with Crippen LogP contribution in [0.1, 0.15) is 66.0 Å². The predicted octanol–water partition coefficient (Wildman–Crippen LogP) is 13.4. The van der Waals surface area contributed by atoms with Gasteiger partial charge in [-0.3, -0.25) is 4.79 Å². The molecule has 2 aliphatic rings. The lowest BCUT2D eigenvalue weighted by molar-refractivity contribution is -0.212. The Kier molecular flexibility index (Phi) is 15.6. The topological polar surface area (TPSA) is 87.8 Å². The number of Topliss-reactive ketones (excluding diaryl/α,β-unsaturated/α-hetero) is 1. The Morgan fingerprint density at radius 2 is 1.06 bits per heavy atom. The van der Waals surface area contributed by atoms with Crippen LogP contribution in [0.5, 0.6) is 0 Å². The first kappa shape index (κ1) is 54.5. The summed E-state index contributed by atoms with van der Waals surface area (Å²) in [5, 5.41) is 25.9. The standard InChI is InChI=1S/C23H19Cl2F8NO2.C19H10Cl2F8N2O/c1-2-13(35)6-4-11-3-5-12(9-14(11)22(28,29)30)34-8-7-21(20(34)36,23(31,32)33)15-10-16(24)19(27)17(25)18(15)26;20-12-6-11(14(22)13(21)15(12)23)17(19(27,28)29)3-4-31(16(17)32)9-2-1-8(7-30)10(5-9)18(24,25)26/h3,5,9-10,20,36H,2,4,6-8H2,1H3;1-2,5-6,16,32H,3-4H2. The Labute approximate surface area is 394 Å². The fraction of sp³-hybridized carbons (Fsp3) is 0.381. The Bertz CT molecular complexity index is 2640. The first-order chi connectivity index (χ1) is 31.2. The number of nitriles is 1. The number of hydrogen-bond acceptors (Lipinski definition) is 6. The summed E-state index contributed by atoms with van der Waals surface area (Å²) in [6, 6.07) is 6.79. The van der Waals surface area contributed by atoms with E-state index in [-0.39, 0.29) is 30.6 Å². The van der Waals surface area contributed by atoms with Crippen LogP contribution in [0.25, 0.3) is 0 Å². The molecule has 0 saturated carbocycles. The highest BCUT2D eigenvalue weighted by molar-refractivity contribution is 6.35. The van der Waals surface area contributed by atoms with Crippen molar-refractivity contribution in [2.24, 2.45) is 0 Å². The molecular weight excluding hydrogens is 1040 g/mol. The van der Waals surface area contributed by atoms with Gasteiger partial charge in [0.2, 0.25) is 0 Å². The normalized spacial score (nSPS) is 21.2. The Morgan fingerprint density at radius 3 is 1.43 bits per heavy atom. The summed E-state index contributed by atoms with van der Waals surface area (Å²) in [5.41, 5.74) is -13.8. The maximum absolute atomic E-state index is 14.8. The molecule has 0 aromatic heterocycles. The van der Waals surface area contributed by atoms with Gasteiger partial charge < -0.3 is 20.0 Å². The van der Waals surface area contributed by atoms with Gasteiger partial charge in [-0.15, -0.1) is 0 Å². The van der Waals surface area contributed by atoms with Crippen molar-refractivity contribution in [2.75, 3.05) is 22.9 Å². The molecule has 0 spiro atoms. The number of aliphatic hydroxyl groups is 2. The van der Waals surface area contributed by atoms with Crippen molar-refractivity contribution in [3.63, 3.8) is 0 Å². The number of aryl methyl sites for hydroxylation is 1. The minimum absolute atomic E-state index is 0.132. The number of benzene rings is 4. The Balaban J connectivity index is 0.000000256. The van der Waals surface area contributed by atoms with Crippen molar-refractivity contribution >= 4 is 63.6 Å². The predicted molar refractivity (Wildman–Crippen MR) is 215 cm³/mol. The molecule has 26 heteroatoms. The average Bonchev–Trinajstić information content (AvgIpc) is 3.80. The fourth-order valence-corrected chi connectivity index (χ4v) is 9.02. The first-order valence-electron chi connectivity index (χ1n) is 19.3. The molecule has 0 aliphatic carbocycles. The second-order valence-electron chi connectivity index (χ2n) is 15.3. The largest absolute Gasteiger partial charge is 0.417 e. The maximum Gasteiger partial charge on any atom is 0.417 e. The van der Waals surface area contributed by atoms with Crippen LogP contribution >= 0.6 is 46.4 Å². The second kappa shape index (κ2) is 19.4. The van der Waals surface area contributed by atoms with E-state index in [1.807, 2.05) is 0 Å². The van der Waals surface area contributed by atoms with Gasteiger partial charge >= 0.3 is 24.7 Å². The minimum Gasteiger partial charge on any atom is -0.372 e. The molecule has 2 saturated heterocycles. The van der Waals surface area contributed by atoms with Gasteiger partial charge in [0.25, 0.3) is 0 Å². The minimum atomic E-state index is -5.34. The molecule has 6 rings (SSSR count). The molecule has 4 aromatic rings. The van der Waals surface area contributed by atoms with Gasteiger partial charge in [-0.2, -0.15) is 57.9 Å². The highest BCUT2D eigenvalue weighted by Crippen LogP contribution is 2.56. The van der Waals surface area contributed by atoms with Gasteiger partial charge in [0.05, 0.1) is 32.8 Å². The molecule has 6 nitrogen and oxygen atoms in total. The molecule has 68 heavy (non-hydrogen) atoms. The summed E-state index contributed by atoms with van der Waals surface area (Å²) >= 11 is 22.1. The fourth-order valence-electron chi connectivity index (χ4n) is 8.11. The number of rotatable bonds is 8. The van der Waals surface area contributed by atoms with Crippen molar-refractivity contribution in [2.45, 2.75) is 87.0 Å². The quantitative estimate of drug-likeness (QED) is 0.104. The number of halogens is 20. The Hall–Kier alpha value is -4.40. The van der Waals surface area contributed by atoms with Gasteiger partial charge in [0.15, 0.2) is 11.6 Å². The van der Waals surface area contributed by atoms with E-state index in [0.717, 1.165) is 24.3 Å². The van der Waals surface area contributed by atoms with E-state index < -0.39 is 156 Å². The van der Waals surface area contributed by atoms with Crippen LogP contribution in [0.2, 0.25) is 20.1 Å². The van der Waals surface area contributed by atoms with Gasteiger partial charge in [-0.05, 0) is 67.3 Å². The van der Waals surface area contributed by atoms with Crippen LogP contribution in [-0.2, 0) is 34.4 Å². The third-order valence-corrected chi connectivity index (χ3v) is 12.9. The highest BCUT2D eigenvalue weighted by Gasteiger charge is 2.67. The molecular formula is C42H29Cl4F16N3O3. The second-order valence-corrected chi connectivity index (χ2v) is 16.9. The van der Waals surface area contributed by atoms with Crippen LogP contribution in [0.15, 0.2) is 48.5 Å². The number of carbonyl (C=O) groups is 1. The lowest BCUT2D eigenvalue weighted by Crippen LogP contribution is -2.53. The molecule has 2 aliphatic heterocycles. The van der Waals surface area contributed by atoms with Gasteiger partial charge in [0, 0.05) is 48.4 Å². The van der Waals surface area contributed by atoms with Crippen molar-refractivity contribution in [3.8, 4) is 6.07 Å². The summed E-state index contributed by atoms with van der Waals surface area (Å²) in [5.74, 6) is -6.85. The third-order valence-electron chi connectivity index (χ3n) is 11.7. The van der Waals surface area contributed by atoms with Gasteiger partial charge in [-0.25, -0.2) is 17.6 Å². The number of anilines is 2. The van der Waals surface area contributed by atoms with E-state index in [9.17, 15) is 85.3 Å². The zero-order chi connectivity index (χ0) is 51.4. The lowest BCUT2D eigenvalue weighted by Gasteiger charge is -2.37. The van der Waals surface area contributed by atoms with Crippen LogP contribution in [0, 0.1) is 34.6 Å². The molecule has 2 N–H and O–H groups in total. The van der Waals surface area contributed by atoms with E-state index in [1.165, 1.54) is 6.07 Å². The van der Waals surface area contributed by atoms with E-state index >= 15 is 0 Å². The van der Waals surface area contributed by atoms with Gasteiger partial charge in [0.1, 0.15) is 50.7 Å². The molecule has 0 radical (unpaired) electrons. The molecule has 2 fully saturated rings. The van der Waals surface area contributed by atoms with Crippen LogP contribution in [0.3, 0.4) is 0 Å². The van der Waals surface area contributed by atoms with Crippen molar-refractivity contribution in [1.29, 1.82) is 5.26 Å². The van der Waals surface area contributed by atoms with E-state index in [0.29, 0.717) is 34.1 Å². The molecule has 4 unspecified atom stereocenters. The average molecular weight is 1070 g/mol. The number of aliphatic hydroxyl groups excluding tert-OH is 2. The zero-order valence-electron chi connectivity index (χ0n) is 33.9. The van der Waals surface area contributed by atoms with E-state index in [4.69, 9.17) is 51.7 Å². The SMILES string of the molecule is CCC(=O)CCc1ccc(N2CCC(c3cc(Cl)c(F)c(Cl)c3F)(C(F)(F)F)C2O)cc1C(F)(F)F.N#Cc1ccc(N2CCC(c3cc(Cl)c(F)c(Cl)c3F)(C(F)(F)F)C2O)cc1C(F)(F)F. The number of nitrogens with zero attached hydrogens (tertiary/aromatic N) is 3. The van der Waals surface area contributed by atoms with Crippen LogP contribution < -0.4 is 9.80 Å². The van der Waals surface area contributed by atoms with Crippen LogP contribution in [0.4, 0.5) is 81.6 Å². The number of ketones is 1. The number of carbonyl (C=O) groups excluding carboxylic acids is 1. The van der Waals surface area contributed by atoms with Gasteiger partial charge in [-0.1, -0.05) is 59.4 Å². The smallest absolute Gasteiger partial charge is 0.372 e. The summed E-state index contributed by atoms with van der Waals surface area (Å²) in [7, 11) is 0. The summed E-state index contributed by atoms with van der Waals surface area (Å²) < 4.78 is 224. The van der Waals surface area contributed by atoms with Crippen molar-refractivity contribution < 1.29 is 85.3 Å². The van der Waals surface area contributed by atoms with E-state index in [2.05, 4.69) is 0 Å². The number of alkyl halides is 12. The van der Waals surface area contributed by atoms with Crippen molar-refractivity contribution in [3.05, 3.63) is 125 Å². The molecule has 0 amide bonds. The maximum atomic E-state index is 14.8.